The summed E-state index contributed by atoms with van der Waals surface area (Å²) in [5.41, 5.74) is 10.1. The molecule has 0 saturated heterocycles. The van der Waals surface area contributed by atoms with Gasteiger partial charge in [0.2, 0.25) is 11.4 Å². The molecule has 0 fully saturated rings. The van der Waals surface area contributed by atoms with E-state index in [0.29, 0.717) is 11.4 Å². The summed E-state index contributed by atoms with van der Waals surface area (Å²) in [6, 6.07) is 31.4. The lowest BCUT2D eigenvalue weighted by molar-refractivity contribution is -0.660. The second-order valence-corrected chi connectivity index (χ2v) is 9.18. The molecular weight excluding hydrogens is 442 g/mol. The minimum Gasteiger partial charge on any atom is -0.437 e. The van der Waals surface area contributed by atoms with Gasteiger partial charge in [-0.25, -0.2) is 9.55 Å². The van der Waals surface area contributed by atoms with Crippen molar-refractivity contribution in [1.82, 2.24) is 4.98 Å². The fourth-order valence-electron chi connectivity index (χ4n) is 5.03. The average Bonchev–Trinajstić information content (AvgIpc) is 3.26. The first-order valence-electron chi connectivity index (χ1n) is 11.9. The van der Waals surface area contributed by atoms with Crippen LogP contribution in [0.1, 0.15) is 16.8 Å². The molecule has 172 valence electrons. The molecule has 3 heterocycles. The Balaban J connectivity index is 1.58. The molecule has 0 N–H and O–H groups in total. The maximum absolute atomic E-state index is 9.99. The molecule has 0 spiro atoms. The van der Waals surface area contributed by atoms with Gasteiger partial charge in [0, 0.05) is 28.5 Å². The molecule has 4 heteroatoms. The highest BCUT2D eigenvalue weighted by Gasteiger charge is 2.22. The van der Waals surface area contributed by atoms with Crippen molar-refractivity contribution >= 4 is 22.1 Å². The highest BCUT2D eigenvalue weighted by molar-refractivity contribution is 6.10. The second kappa shape index (κ2) is 8.48. The van der Waals surface area contributed by atoms with Gasteiger partial charge in [0.25, 0.3) is 0 Å². The molecule has 3 aromatic carbocycles. The molecule has 0 amide bonds. The first-order chi connectivity index (χ1) is 17.5. The smallest absolute Gasteiger partial charge is 0.228 e. The third-order valence-electron chi connectivity index (χ3n) is 6.88. The lowest BCUT2D eigenvalue weighted by Gasteiger charge is -2.10. The van der Waals surface area contributed by atoms with E-state index in [1.807, 2.05) is 43.6 Å². The monoisotopic (exact) mass is 466 g/mol. The Bertz CT molecular complexity index is 1820. The largest absolute Gasteiger partial charge is 0.437 e. The molecule has 0 radical (unpaired) electrons. The molecule has 0 saturated carbocycles. The van der Waals surface area contributed by atoms with Crippen molar-refractivity contribution in [3.8, 4) is 39.6 Å². The maximum atomic E-state index is 9.99. The Morgan fingerprint density at radius 2 is 1.58 bits per heavy atom. The van der Waals surface area contributed by atoms with Crippen molar-refractivity contribution in [3.05, 3.63) is 108 Å². The van der Waals surface area contributed by atoms with Crippen molar-refractivity contribution in [2.45, 2.75) is 13.8 Å². The van der Waals surface area contributed by atoms with Crippen LogP contribution < -0.4 is 4.57 Å². The van der Waals surface area contributed by atoms with Crippen LogP contribution in [0, 0.1) is 25.2 Å². The fourth-order valence-corrected chi connectivity index (χ4v) is 5.03. The van der Waals surface area contributed by atoms with Gasteiger partial charge in [0.1, 0.15) is 13.1 Å². The average molecular weight is 467 g/mol. The minimum atomic E-state index is 0.362. The molecule has 6 aromatic rings. The quantitative estimate of drug-likeness (QED) is 0.257. The number of fused-ring (bicyclic) bond motifs is 3. The molecule has 0 unspecified atom stereocenters. The van der Waals surface area contributed by atoms with E-state index in [-0.39, 0.29) is 0 Å². The third kappa shape index (κ3) is 3.45. The number of rotatable bonds is 3. The number of aromatic nitrogens is 2. The zero-order chi connectivity index (χ0) is 24.8. The first-order valence-corrected chi connectivity index (χ1v) is 11.9. The molecule has 4 nitrogen and oxygen atoms in total. The number of nitriles is 1. The highest BCUT2D eigenvalue weighted by Crippen LogP contribution is 2.39. The van der Waals surface area contributed by atoms with Gasteiger partial charge in [0.15, 0.2) is 17.5 Å². The number of benzene rings is 3. The maximum Gasteiger partial charge on any atom is 0.228 e. The predicted molar refractivity (Wildman–Crippen MR) is 143 cm³/mol. The molecule has 0 atom stereocenters. The molecular formula is C32H24N3O+. The van der Waals surface area contributed by atoms with E-state index >= 15 is 0 Å². The van der Waals surface area contributed by atoms with Crippen LogP contribution in [0.15, 0.2) is 95.5 Å². The first kappa shape index (κ1) is 21.8. The summed E-state index contributed by atoms with van der Waals surface area (Å²) < 4.78 is 8.43. The van der Waals surface area contributed by atoms with E-state index in [1.54, 1.807) is 0 Å². The number of pyridine rings is 2. The van der Waals surface area contributed by atoms with Crippen LogP contribution in [-0.4, -0.2) is 4.98 Å². The van der Waals surface area contributed by atoms with Crippen LogP contribution in [0.5, 0.6) is 0 Å². The van der Waals surface area contributed by atoms with Crippen LogP contribution in [0.4, 0.5) is 0 Å². The molecule has 0 bridgehead atoms. The molecule has 0 aliphatic heterocycles. The highest BCUT2D eigenvalue weighted by atomic mass is 16.3. The van der Waals surface area contributed by atoms with Gasteiger partial charge in [-0.2, -0.15) is 5.26 Å². The van der Waals surface area contributed by atoms with Crippen LogP contribution in [0.3, 0.4) is 0 Å². The van der Waals surface area contributed by atoms with Gasteiger partial charge in [0.05, 0.1) is 5.56 Å². The van der Waals surface area contributed by atoms with Gasteiger partial charge < -0.3 is 4.42 Å². The predicted octanol–water partition coefficient (Wildman–Crippen LogP) is 7.30. The molecule has 0 aliphatic carbocycles. The zero-order valence-corrected chi connectivity index (χ0v) is 20.4. The SMILES string of the molecule is Cc1cc(-c2ccccc2)ccc1-c1cc2c(nc1C#N)oc1c(-c3cccc[n+]3C)c(C)ccc12. The van der Waals surface area contributed by atoms with Crippen LogP contribution >= 0.6 is 0 Å². The van der Waals surface area contributed by atoms with Gasteiger partial charge in [-0.15, -0.1) is 0 Å². The van der Waals surface area contributed by atoms with Gasteiger partial charge in [-0.3, -0.25) is 0 Å². The van der Waals surface area contributed by atoms with E-state index < -0.39 is 0 Å². The molecule has 6 rings (SSSR count). The third-order valence-corrected chi connectivity index (χ3v) is 6.88. The van der Waals surface area contributed by atoms with E-state index in [1.165, 1.54) is 5.56 Å². The summed E-state index contributed by atoms with van der Waals surface area (Å²) in [7, 11) is 2.03. The Morgan fingerprint density at radius 1 is 0.778 bits per heavy atom. The Hall–Kier alpha value is -4.75. The lowest BCUT2D eigenvalue weighted by Crippen LogP contribution is -2.30. The Kier molecular flexibility index (Phi) is 5.13. The minimum absolute atomic E-state index is 0.362. The van der Waals surface area contributed by atoms with E-state index in [4.69, 9.17) is 4.42 Å². The molecule has 3 aromatic heterocycles. The van der Waals surface area contributed by atoms with Crippen molar-refractivity contribution < 1.29 is 8.98 Å². The molecule has 36 heavy (non-hydrogen) atoms. The van der Waals surface area contributed by atoms with Crippen LogP contribution in [0.2, 0.25) is 0 Å². The van der Waals surface area contributed by atoms with E-state index in [9.17, 15) is 5.26 Å². The lowest BCUT2D eigenvalue weighted by atomic mass is 9.94. The van der Waals surface area contributed by atoms with Crippen molar-refractivity contribution in [2.24, 2.45) is 7.05 Å². The number of furan rings is 1. The Morgan fingerprint density at radius 3 is 2.33 bits per heavy atom. The number of nitrogens with zero attached hydrogens (tertiary/aromatic N) is 3. The summed E-state index contributed by atoms with van der Waals surface area (Å²) in [6.45, 7) is 4.17. The number of aryl methyl sites for hydroxylation is 3. The Labute approximate surface area is 209 Å². The van der Waals surface area contributed by atoms with E-state index in [0.717, 1.165) is 55.4 Å². The van der Waals surface area contributed by atoms with Gasteiger partial charge >= 0.3 is 0 Å². The van der Waals surface area contributed by atoms with Crippen LogP contribution in [-0.2, 0) is 7.05 Å². The summed E-state index contributed by atoms with van der Waals surface area (Å²) >= 11 is 0. The topological polar surface area (TPSA) is 53.7 Å². The summed E-state index contributed by atoms with van der Waals surface area (Å²) in [6.07, 6.45) is 2.03. The van der Waals surface area contributed by atoms with Gasteiger partial charge in [-0.1, -0.05) is 60.7 Å². The van der Waals surface area contributed by atoms with Crippen molar-refractivity contribution in [1.29, 1.82) is 5.26 Å². The second-order valence-electron chi connectivity index (χ2n) is 9.18. The normalized spacial score (nSPS) is 11.2. The zero-order valence-electron chi connectivity index (χ0n) is 20.4. The summed E-state index contributed by atoms with van der Waals surface area (Å²) in [5.74, 6) is 0. The molecule has 0 aliphatic rings. The summed E-state index contributed by atoms with van der Waals surface area (Å²) in [4.78, 5) is 4.68. The van der Waals surface area contributed by atoms with Crippen molar-refractivity contribution in [3.63, 3.8) is 0 Å². The fraction of sp³-hybridized carbons (Fsp3) is 0.0938. The van der Waals surface area contributed by atoms with Crippen molar-refractivity contribution in [2.75, 3.05) is 0 Å². The van der Waals surface area contributed by atoms with E-state index in [2.05, 4.69) is 84.1 Å². The number of hydrogen-bond donors (Lipinski definition) is 0. The van der Waals surface area contributed by atoms with Gasteiger partial charge in [-0.05, 0) is 53.8 Å². The number of hydrogen-bond acceptors (Lipinski definition) is 3. The standard InChI is InChI=1S/C32H24N3O/c1-20-12-14-25-27-18-26(24-15-13-23(17-21(24)2)22-9-5-4-6-10-22)28(19-33)34-32(27)36-31(25)30(20)29-11-7-8-16-35(29)3/h4-18H,1-3H3/q+1. The van der Waals surface area contributed by atoms with Crippen LogP contribution in [0.25, 0.3) is 55.6 Å². The summed E-state index contributed by atoms with van der Waals surface area (Å²) in [5, 5.41) is 11.9.